The summed E-state index contributed by atoms with van der Waals surface area (Å²) in [5.41, 5.74) is 4.44. The van der Waals surface area contributed by atoms with Gasteiger partial charge in [0.25, 0.3) is 11.7 Å². The van der Waals surface area contributed by atoms with Crippen molar-refractivity contribution in [1.29, 1.82) is 0 Å². The number of hydrogen-bond acceptors (Lipinski definition) is 2. The Hall–Kier alpha value is -1.64. The highest BCUT2D eigenvalue weighted by molar-refractivity contribution is 6.43. The molecule has 1 amide bonds. The van der Waals surface area contributed by atoms with Gasteiger partial charge in [-0.2, -0.15) is 0 Å². The van der Waals surface area contributed by atoms with Crippen LogP contribution < -0.4 is 5.32 Å². The van der Waals surface area contributed by atoms with E-state index >= 15 is 0 Å². The number of ketones is 1. The van der Waals surface area contributed by atoms with E-state index in [9.17, 15) is 9.59 Å². The molecule has 0 atom stereocenters. The van der Waals surface area contributed by atoms with Gasteiger partial charge in [-0.3, -0.25) is 9.59 Å². The fraction of sp³-hybridized carbons (Fsp3) is 0.467. The van der Waals surface area contributed by atoms with Gasteiger partial charge in [0.15, 0.2) is 0 Å². The van der Waals surface area contributed by atoms with Crippen molar-refractivity contribution in [2.75, 3.05) is 6.54 Å². The average Bonchev–Trinajstić information content (AvgIpc) is 2.33. The molecule has 0 unspecified atom stereocenters. The van der Waals surface area contributed by atoms with Crippen LogP contribution in [0.15, 0.2) is 6.07 Å². The first kappa shape index (κ1) is 14.4. The van der Waals surface area contributed by atoms with Gasteiger partial charge in [0.2, 0.25) is 0 Å². The number of nitrogens with one attached hydrogen (secondary N) is 1. The van der Waals surface area contributed by atoms with Crippen molar-refractivity contribution >= 4 is 11.7 Å². The molecule has 1 rings (SSSR count). The molecule has 0 aromatic heterocycles. The highest BCUT2D eigenvalue weighted by Gasteiger charge is 2.21. The van der Waals surface area contributed by atoms with E-state index in [0.29, 0.717) is 12.1 Å². The Morgan fingerprint density at radius 2 is 1.56 bits per heavy atom. The van der Waals surface area contributed by atoms with Gasteiger partial charge in [0.05, 0.1) is 0 Å². The molecule has 0 aliphatic heterocycles. The maximum atomic E-state index is 12.2. The van der Waals surface area contributed by atoms with Crippen molar-refractivity contribution in [3.05, 3.63) is 33.9 Å². The zero-order chi connectivity index (χ0) is 13.9. The predicted octanol–water partition coefficient (Wildman–Crippen LogP) is 2.63. The van der Waals surface area contributed by atoms with Gasteiger partial charge in [-0.1, -0.05) is 13.0 Å². The largest absolute Gasteiger partial charge is 0.349 e. The van der Waals surface area contributed by atoms with Crippen molar-refractivity contribution in [2.24, 2.45) is 0 Å². The topological polar surface area (TPSA) is 46.2 Å². The zero-order valence-electron chi connectivity index (χ0n) is 11.8. The molecule has 18 heavy (non-hydrogen) atoms. The normalized spacial score (nSPS) is 10.3. The average molecular weight is 247 g/mol. The summed E-state index contributed by atoms with van der Waals surface area (Å²) in [5, 5.41) is 2.64. The first-order chi connectivity index (χ1) is 8.40. The monoisotopic (exact) mass is 247 g/mol. The van der Waals surface area contributed by atoms with Crippen LogP contribution in [0.1, 0.15) is 46.0 Å². The molecule has 0 aliphatic rings. The van der Waals surface area contributed by atoms with Crippen LogP contribution in [0.4, 0.5) is 0 Å². The standard InChI is InChI=1S/C15H21NO2/c1-6-7-16-15(18)14(17)13-11(4)9(2)8-10(3)12(13)5/h8H,6-7H2,1-5H3,(H,16,18). The Bertz CT molecular complexity index is 464. The first-order valence-corrected chi connectivity index (χ1v) is 6.30. The number of carbonyl (C=O) groups is 2. The van der Waals surface area contributed by atoms with Crippen molar-refractivity contribution in [3.8, 4) is 0 Å². The number of amides is 1. The van der Waals surface area contributed by atoms with Gasteiger partial charge < -0.3 is 5.32 Å². The quantitative estimate of drug-likeness (QED) is 0.656. The molecule has 3 heteroatoms. The summed E-state index contributed by atoms with van der Waals surface area (Å²) in [4.78, 5) is 24.0. The van der Waals surface area contributed by atoms with Gasteiger partial charge in [-0.25, -0.2) is 0 Å². The van der Waals surface area contributed by atoms with E-state index in [1.165, 1.54) is 0 Å². The van der Waals surface area contributed by atoms with E-state index in [2.05, 4.69) is 5.32 Å². The Kier molecular flexibility index (Phi) is 4.65. The molecule has 3 nitrogen and oxygen atoms in total. The fourth-order valence-electron chi connectivity index (χ4n) is 1.99. The second-order valence-electron chi connectivity index (χ2n) is 4.72. The molecule has 1 N–H and O–H groups in total. The van der Waals surface area contributed by atoms with Crippen molar-refractivity contribution in [2.45, 2.75) is 41.0 Å². The molecule has 0 spiro atoms. The van der Waals surface area contributed by atoms with Gasteiger partial charge in [-0.05, 0) is 56.4 Å². The Morgan fingerprint density at radius 3 is 2.00 bits per heavy atom. The Balaban J connectivity index is 3.17. The molecule has 0 fully saturated rings. The molecule has 0 bridgehead atoms. The predicted molar refractivity (Wildman–Crippen MR) is 73.0 cm³/mol. The lowest BCUT2D eigenvalue weighted by atomic mass is 9.91. The molecule has 1 aromatic carbocycles. The number of carbonyl (C=O) groups excluding carboxylic acids is 2. The minimum Gasteiger partial charge on any atom is -0.349 e. The summed E-state index contributed by atoms with van der Waals surface area (Å²) in [7, 11) is 0. The van der Waals surface area contributed by atoms with Gasteiger partial charge >= 0.3 is 0 Å². The van der Waals surface area contributed by atoms with Crippen LogP contribution in [-0.4, -0.2) is 18.2 Å². The molecular weight excluding hydrogens is 226 g/mol. The lowest BCUT2D eigenvalue weighted by Gasteiger charge is -2.14. The summed E-state index contributed by atoms with van der Waals surface area (Å²) in [6.45, 7) is 10.2. The van der Waals surface area contributed by atoms with Crippen LogP contribution in [0.3, 0.4) is 0 Å². The van der Waals surface area contributed by atoms with Crippen LogP contribution in [0, 0.1) is 27.7 Å². The SMILES string of the molecule is CCCNC(=O)C(=O)c1c(C)c(C)cc(C)c1C. The van der Waals surface area contributed by atoms with E-state index in [4.69, 9.17) is 0 Å². The molecule has 0 heterocycles. The first-order valence-electron chi connectivity index (χ1n) is 6.30. The summed E-state index contributed by atoms with van der Waals surface area (Å²) < 4.78 is 0. The van der Waals surface area contributed by atoms with Crippen molar-refractivity contribution in [3.63, 3.8) is 0 Å². The van der Waals surface area contributed by atoms with Crippen LogP contribution in [0.2, 0.25) is 0 Å². The molecule has 0 saturated carbocycles. The van der Waals surface area contributed by atoms with Gasteiger partial charge in [-0.15, -0.1) is 0 Å². The number of rotatable bonds is 4. The summed E-state index contributed by atoms with van der Waals surface area (Å²) in [6, 6.07) is 2.05. The third kappa shape index (κ3) is 2.78. The maximum Gasteiger partial charge on any atom is 0.292 e. The van der Waals surface area contributed by atoms with Gasteiger partial charge in [0.1, 0.15) is 0 Å². The Labute approximate surface area is 109 Å². The highest BCUT2D eigenvalue weighted by Crippen LogP contribution is 2.22. The smallest absolute Gasteiger partial charge is 0.292 e. The van der Waals surface area contributed by atoms with Crippen LogP contribution in [-0.2, 0) is 4.79 Å². The van der Waals surface area contributed by atoms with Gasteiger partial charge in [0, 0.05) is 12.1 Å². The fourth-order valence-corrected chi connectivity index (χ4v) is 1.99. The number of aryl methyl sites for hydroxylation is 2. The number of Topliss-reactive ketones (excluding diaryl/α,β-unsaturated/α-hetero) is 1. The summed E-state index contributed by atoms with van der Waals surface area (Å²) in [5.74, 6) is -0.932. The highest BCUT2D eigenvalue weighted by atomic mass is 16.2. The minimum absolute atomic E-state index is 0.426. The third-order valence-corrected chi connectivity index (χ3v) is 3.33. The molecule has 0 aliphatic carbocycles. The van der Waals surface area contributed by atoms with Crippen LogP contribution >= 0.6 is 0 Å². The lowest BCUT2D eigenvalue weighted by Crippen LogP contribution is -2.32. The lowest BCUT2D eigenvalue weighted by molar-refractivity contribution is -0.117. The molecule has 1 aromatic rings. The van der Waals surface area contributed by atoms with E-state index in [1.807, 2.05) is 40.7 Å². The zero-order valence-corrected chi connectivity index (χ0v) is 11.8. The second kappa shape index (κ2) is 5.80. The summed E-state index contributed by atoms with van der Waals surface area (Å²) in [6.07, 6.45) is 0.823. The second-order valence-corrected chi connectivity index (χ2v) is 4.72. The summed E-state index contributed by atoms with van der Waals surface area (Å²) >= 11 is 0. The van der Waals surface area contributed by atoms with E-state index in [0.717, 1.165) is 28.7 Å². The molecule has 98 valence electrons. The van der Waals surface area contributed by atoms with Crippen molar-refractivity contribution in [1.82, 2.24) is 5.32 Å². The number of benzene rings is 1. The molecule has 0 radical (unpaired) electrons. The number of hydrogen-bond donors (Lipinski definition) is 1. The van der Waals surface area contributed by atoms with Crippen molar-refractivity contribution < 1.29 is 9.59 Å². The minimum atomic E-state index is -0.506. The third-order valence-electron chi connectivity index (χ3n) is 3.33. The maximum absolute atomic E-state index is 12.2. The van der Waals surface area contributed by atoms with Crippen LogP contribution in [0.5, 0.6) is 0 Å². The molecule has 0 saturated heterocycles. The van der Waals surface area contributed by atoms with E-state index in [1.54, 1.807) is 0 Å². The molecular formula is C15H21NO2. The van der Waals surface area contributed by atoms with E-state index in [-0.39, 0.29) is 0 Å². The van der Waals surface area contributed by atoms with E-state index < -0.39 is 11.7 Å². The van der Waals surface area contributed by atoms with Crippen LogP contribution in [0.25, 0.3) is 0 Å². The Morgan fingerprint density at radius 1 is 1.06 bits per heavy atom.